The maximum absolute atomic E-state index is 12.9. The molecule has 4 aromatic rings. The zero-order chi connectivity index (χ0) is 18.4. The van der Waals surface area contributed by atoms with E-state index in [0.29, 0.717) is 17.3 Å². The summed E-state index contributed by atoms with van der Waals surface area (Å²) in [5.41, 5.74) is 3.72. The number of fused-ring (bicyclic) bond motifs is 2. The molecule has 0 saturated heterocycles. The number of nitrogens with one attached hydrogen (secondary N) is 1. The first-order valence-corrected chi connectivity index (χ1v) is 9.19. The first-order valence-electron chi connectivity index (χ1n) is 8.40. The highest BCUT2D eigenvalue weighted by molar-refractivity contribution is 9.10. The van der Waals surface area contributed by atoms with Crippen molar-refractivity contribution in [1.82, 2.24) is 9.55 Å². The third kappa shape index (κ3) is 2.70. The molecule has 0 aliphatic rings. The molecule has 0 fully saturated rings. The van der Waals surface area contributed by atoms with Gasteiger partial charge in [-0.25, -0.2) is 4.98 Å². The molecule has 6 heteroatoms. The van der Waals surface area contributed by atoms with Crippen molar-refractivity contribution in [3.63, 3.8) is 0 Å². The maximum Gasteiger partial charge on any atom is 0.273 e. The van der Waals surface area contributed by atoms with Crippen molar-refractivity contribution in [2.45, 2.75) is 19.8 Å². The Hall–Kier alpha value is -2.60. The van der Waals surface area contributed by atoms with Crippen molar-refractivity contribution in [3.8, 4) is 0 Å². The number of carbonyl (C=O) groups is 1. The highest BCUT2D eigenvalue weighted by atomic mass is 79.9. The molecule has 0 aliphatic carbocycles. The quantitative estimate of drug-likeness (QED) is 0.486. The van der Waals surface area contributed by atoms with Gasteiger partial charge >= 0.3 is 0 Å². The van der Waals surface area contributed by atoms with Gasteiger partial charge in [0.05, 0.1) is 4.47 Å². The van der Waals surface area contributed by atoms with E-state index in [4.69, 9.17) is 4.42 Å². The number of amides is 1. The zero-order valence-corrected chi connectivity index (χ0v) is 16.3. The molecule has 0 saturated carbocycles. The number of hydrogen-bond donors (Lipinski definition) is 1. The van der Waals surface area contributed by atoms with Gasteiger partial charge in [-0.2, -0.15) is 0 Å². The SMILES string of the molecule is CC(C)c1nc2cc(NC(=O)c3c(Br)c4ccccc4n3C)ccc2o1. The lowest BCUT2D eigenvalue weighted by molar-refractivity contribution is 0.101. The largest absolute Gasteiger partial charge is 0.440 e. The fourth-order valence-corrected chi connectivity index (χ4v) is 3.84. The molecule has 0 bridgehead atoms. The van der Waals surface area contributed by atoms with Gasteiger partial charge in [0.15, 0.2) is 11.5 Å². The van der Waals surface area contributed by atoms with Gasteiger partial charge in [-0.1, -0.05) is 32.0 Å². The van der Waals surface area contributed by atoms with Gasteiger partial charge < -0.3 is 14.3 Å². The first-order chi connectivity index (χ1) is 12.5. The van der Waals surface area contributed by atoms with Crippen LogP contribution in [0.25, 0.3) is 22.0 Å². The standard InChI is InChI=1S/C20H18BrN3O2/c1-11(2)20-23-14-10-12(8-9-16(14)26-20)22-19(25)18-17(21)13-6-4-5-7-15(13)24(18)3/h4-11H,1-3H3,(H,22,25). The van der Waals surface area contributed by atoms with Crippen LogP contribution < -0.4 is 5.32 Å². The van der Waals surface area contributed by atoms with E-state index in [2.05, 4.69) is 26.2 Å². The molecule has 2 aromatic heterocycles. The number of para-hydroxylation sites is 1. The molecule has 0 unspecified atom stereocenters. The van der Waals surface area contributed by atoms with E-state index < -0.39 is 0 Å². The second kappa shape index (κ2) is 6.29. The molecule has 1 N–H and O–H groups in total. The van der Waals surface area contributed by atoms with Crippen LogP contribution in [0.5, 0.6) is 0 Å². The van der Waals surface area contributed by atoms with Crippen LogP contribution in [0.1, 0.15) is 36.1 Å². The Morgan fingerprint density at radius 2 is 2.00 bits per heavy atom. The average molecular weight is 412 g/mol. The summed E-state index contributed by atoms with van der Waals surface area (Å²) in [6.07, 6.45) is 0. The van der Waals surface area contributed by atoms with Crippen LogP contribution in [0, 0.1) is 0 Å². The number of hydrogen-bond acceptors (Lipinski definition) is 3. The minimum atomic E-state index is -0.178. The molecule has 2 heterocycles. The molecule has 5 nitrogen and oxygen atoms in total. The molecule has 0 spiro atoms. The van der Waals surface area contributed by atoms with Gasteiger partial charge in [-0.05, 0) is 40.2 Å². The van der Waals surface area contributed by atoms with E-state index in [-0.39, 0.29) is 11.8 Å². The number of nitrogens with zero attached hydrogens (tertiary/aromatic N) is 2. The van der Waals surface area contributed by atoms with E-state index >= 15 is 0 Å². The second-order valence-corrected chi connectivity index (χ2v) is 7.38. The van der Waals surface area contributed by atoms with Crippen LogP contribution in [0.3, 0.4) is 0 Å². The summed E-state index contributed by atoms with van der Waals surface area (Å²) in [5, 5.41) is 3.97. The van der Waals surface area contributed by atoms with Crippen LogP contribution in [0.2, 0.25) is 0 Å². The van der Waals surface area contributed by atoms with Crippen molar-refractivity contribution >= 4 is 49.5 Å². The molecule has 0 aliphatic heterocycles. The second-order valence-electron chi connectivity index (χ2n) is 6.58. The predicted octanol–water partition coefficient (Wildman–Crippen LogP) is 5.46. The monoisotopic (exact) mass is 411 g/mol. The Bertz CT molecular complexity index is 1100. The molecular formula is C20H18BrN3O2. The Labute approximate surface area is 159 Å². The lowest BCUT2D eigenvalue weighted by Gasteiger charge is -2.07. The number of benzene rings is 2. The number of aryl methyl sites for hydroxylation is 1. The Balaban J connectivity index is 1.69. The van der Waals surface area contributed by atoms with Crippen molar-refractivity contribution in [1.29, 1.82) is 0 Å². The summed E-state index contributed by atoms with van der Waals surface area (Å²) in [7, 11) is 1.89. The van der Waals surface area contributed by atoms with Crippen LogP contribution in [0.4, 0.5) is 5.69 Å². The molecule has 4 rings (SSSR count). The minimum Gasteiger partial charge on any atom is -0.440 e. The van der Waals surface area contributed by atoms with Gasteiger partial charge in [0.2, 0.25) is 0 Å². The van der Waals surface area contributed by atoms with Crippen LogP contribution >= 0.6 is 15.9 Å². The van der Waals surface area contributed by atoms with Gasteiger partial charge in [0.25, 0.3) is 5.91 Å². The van der Waals surface area contributed by atoms with Crippen molar-refractivity contribution in [2.75, 3.05) is 5.32 Å². The number of rotatable bonds is 3. The average Bonchev–Trinajstić information content (AvgIpc) is 3.15. The summed E-state index contributed by atoms with van der Waals surface area (Å²) in [6, 6.07) is 13.4. The Morgan fingerprint density at radius 3 is 2.73 bits per heavy atom. The van der Waals surface area contributed by atoms with Gasteiger partial charge in [-0.3, -0.25) is 4.79 Å². The van der Waals surface area contributed by atoms with Gasteiger partial charge in [0, 0.05) is 29.6 Å². The minimum absolute atomic E-state index is 0.178. The fraction of sp³-hybridized carbons (Fsp3) is 0.200. The Morgan fingerprint density at radius 1 is 1.23 bits per heavy atom. The smallest absolute Gasteiger partial charge is 0.273 e. The zero-order valence-electron chi connectivity index (χ0n) is 14.7. The Kier molecular flexibility index (Phi) is 4.07. The topological polar surface area (TPSA) is 60.1 Å². The molecule has 1 amide bonds. The molecule has 0 radical (unpaired) electrons. The number of halogens is 1. The van der Waals surface area contributed by atoms with Crippen molar-refractivity contribution in [2.24, 2.45) is 7.05 Å². The molecule has 26 heavy (non-hydrogen) atoms. The third-order valence-electron chi connectivity index (χ3n) is 4.42. The van der Waals surface area contributed by atoms with Gasteiger partial charge in [0.1, 0.15) is 11.2 Å². The van der Waals surface area contributed by atoms with Crippen molar-refractivity contribution in [3.05, 3.63) is 58.5 Å². The summed E-state index contributed by atoms with van der Waals surface area (Å²) < 4.78 is 8.40. The summed E-state index contributed by atoms with van der Waals surface area (Å²) in [6.45, 7) is 4.07. The van der Waals surface area contributed by atoms with Gasteiger partial charge in [-0.15, -0.1) is 0 Å². The van der Waals surface area contributed by atoms with E-state index in [9.17, 15) is 4.79 Å². The summed E-state index contributed by atoms with van der Waals surface area (Å²) >= 11 is 3.57. The van der Waals surface area contributed by atoms with Crippen LogP contribution in [0.15, 0.2) is 51.4 Å². The van der Waals surface area contributed by atoms with E-state index in [1.807, 2.05) is 67.9 Å². The lowest BCUT2D eigenvalue weighted by Crippen LogP contribution is -2.16. The summed E-state index contributed by atoms with van der Waals surface area (Å²) in [5.74, 6) is 0.731. The maximum atomic E-state index is 12.9. The molecular weight excluding hydrogens is 394 g/mol. The third-order valence-corrected chi connectivity index (χ3v) is 5.22. The summed E-state index contributed by atoms with van der Waals surface area (Å²) in [4.78, 5) is 17.4. The predicted molar refractivity (Wildman–Crippen MR) is 107 cm³/mol. The normalized spacial score (nSPS) is 11.6. The highest BCUT2D eigenvalue weighted by Gasteiger charge is 2.19. The number of carbonyl (C=O) groups excluding carboxylic acids is 1. The number of oxazole rings is 1. The van der Waals surface area contributed by atoms with Crippen LogP contribution in [-0.2, 0) is 7.05 Å². The molecule has 132 valence electrons. The molecule has 2 aromatic carbocycles. The van der Waals surface area contributed by atoms with E-state index in [1.165, 1.54) is 0 Å². The van der Waals surface area contributed by atoms with E-state index in [0.717, 1.165) is 26.5 Å². The number of anilines is 1. The fourth-order valence-electron chi connectivity index (χ4n) is 3.06. The molecule has 0 atom stereocenters. The highest BCUT2D eigenvalue weighted by Crippen LogP contribution is 2.31. The van der Waals surface area contributed by atoms with E-state index in [1.54, 1.807) is 0 Å². The first kappa shape index (κ1) is 16.8. The lowest BCUT2D eigenvalue weighted by atomic mass is 10.2. The van der Waals surface area contributed by atoms with Crippen molar-refractivity contribution < 1.29 is 9.21 Å². The van der Waals surface area contributed by atoms with Crippen LogP contribution in [-0.4, -0.2) is 15.5 Å². The number of aromatic nitrogens is 2.